The van der Waals surface area contributed by atoms with Crippen molar-refractivity contribution < 1.29 is 9.15 Å². The van der Waals surface area contributed by atoms with Crippen LogP contribution in [0.2, 0.25) is 0 Å². The van der Waals surface area contributed by atoms with Crippen molar-refractivity contribution in [2.45, 2.75) is 33.2 Å². The van der Waals surface area contributed by atoms with Crippen LogP contribution in [-0.2, 0) is 6.54 Å². The molecule has 4 nitrogen and oxygen atoms in total. The van der Waals surface area contributed by atoms with E-state index in [4.69, 9.17) is 9.15 Å². The lowest BCUT2D eigenvalue weighted by atomic mass is 9.98. The largest absolute Gasteiger partial charge is 0.473 e. The normalized spacial score (nSPS) is 13.4. The van der Waals surface area contributed by atoms with Crippen LogP contribution in [0.4, 0.5) is 5.69 Å². The van der Waals surface area contributed by atoms with E-state index in [1.54, 1.807) is 6.07 Å². The number of rotatable bonds is 3. The molecule has 0 aliphatic carbocycles. The smallest absolute Gasteiger partial charge is 0.336 e. The fourth-order valence-corrected chi connectivity index (χ4v) is 4.14. The van der Waals surface area contributed by atoms with Crippen molar-refractivity contribution in [3.8, 4) is 16.9 Å². The van der Waals surface area contributed by atoms with Crippen molar-refractivity contribution >= 4 is 16.7 Å². The van der Waals surface area contributed by atoms with Gasteiger partial charge in [0, 0.05) is 17.1 Å². The Balaban J connectivity index is 1.59. The summed E-state index contributed by atoms with van der Waals surface area (Å²) in [6.07, 6.45) is 0. The Morgan fingerprint density at radius 1 is 0.935 bits per heavy atom. The van der Waals surface area contributed by atoms with Crippen molar-refractivity contribution in [1.82, 2.24) is 0 Å². The summed E-state index contributed by atoms with van der Waals surface area (Å²) in [5.41, 5.74) is 6.61. The molecule has 2 heterocycles. The highest BCUT2D eigenvalue weighted by atomic mass is 16.5. The molecule has 1 aromatic heterocycles. The van der Waals surface area contributed by atoms with E-state index in [-0.39, 0.29) is 5.63 Å². The Morgan fingerprint density at radius 2 is 1.68 bits per heavy atom. The number of fused-ring (bicyclic) bond motifs is 3. The summed E-state index contributed by atoms with van der Waals surface area (Å²) in [5, 5.41) is 0.919. The first-order valence-electron chi connectivity index (χ1n) is 10.6. The van der Waals surface area contributed by atoms with Gasteiger partial charge < -0.3 is 14.1 Å². The maximum atomic E-state index is 12.5. The lowest BCUT2D eigenvalue weighted by Crippen LogP contribution is -2.32. The number of hydrogen-bond acceptors (Lipinski definition) is 4. The van der Waals surface area contributed by atoms with Gasteiger partial charge in [-0.15, -0.1) is 0 Å². The Kier molecular flexibility index (Phi) is 4.78. The second kappa shape index (κ2) is 7.62. The van der Waals surface area contributed by atoms with Gasteiger partial charge in [-0.1, -0.05) is 55.8 Å². The maximum absolute atomic E-state index is 12.5. The summed E-state index contributed by atoms with van der Waals surface area (Å²) in [5.74, 6) is 1.26. The molecule has 0 saturated heterocycles. The lowest BCUT2D eigenvalue weighted by Gasteiger charge is -2.31. The quantitative estimate of drug-likeness (QED) is 0.374. The first-order chi connectivity index (χ1) is 15.0. The minimum Gasteiger partial charge on any atom is -0.473 e. The zero-order valence-corrected chi connectivity index (χ0v) is 18.0. The van der Waals surface area contributed by atoms with E-state index in [0.717, 1.165) is 33.5 Å². The molecule has 0 N–H and O–H groups in total. The monoisotopic (exact) mass is 411 g/mol. The summed E-state index contributed by atoms with van der Waals surface area (Å²) in [4.78, 5) is 14.6. The van der Waals surface area contributed by atoms with E-state index in [1.807, 2.05) is 24.3 Å². The maximum Gasteiger partial charge on any atom is 0.336 e. The Labute approximate surface area is 181 Å². The topological polar surface area (TPSA) is 42.7 Å². The van der Waals surface area contributed by atoms with Crippen LogP contribution in [0.25, 0.3) is 22.1 Å². The minimum absolute atomic E-state index is 0.352. The van der Waals surface area contributed by atoms with Crippen LogP contribution in [0.15, 0.2) is 75.9 Å². The molecule has 31 heavy (non-hydrogen) atoms. The van der Waals surface area contributed by atoms with Crippen molar-refractivity contribution in [3.05, 3.63) is 93.8 Å². The lowest BCUT2D eigenvalue weighted by molar-refractivity contribution is 0.289. The molecule has 0 saturated carbocycles. The molecule has 5 rings (SSSR count). The Morgan fingerprint density at radius 3 is 2.39 bits per heavy atom. The van der Waals surface area contributed by atoms with Gasteiger partial charge in [0.25, 0.3) is 0 Å². The molecule has 3 aromatic carbocycles. The van der Waals surface area contributed by atoms with Gasteiger partial charge in [-0.2, -0.15) is 0 Å². The summed E-state index contributed by atoms with van der Waals surface area (Å²) in [6, 6.07) is 22.3. The van der Waals surface area contributed by atoms with Gasteiger partial charge in [-0.25, -0.2) is 4.79 Å². The zero-order valence-electron chi connectivity index (χ0n) is 18.0. The fraction of sp³-hybridized carbons (Fsp3) is 0.222. The molecule has 4 aromatic rings. The molecule has 1 aliphatic heterocycles. The first-order valence-corrected chi connectivity index (χ1v) is 10.6. The third-order valence-corrected chi connectivity index (χ3v) is 5.98. The molecule has 0 spiro atoms. The van der Waals surface area contributed by atoms with Gasteiger partial charge in [-0.05, 0) is 53.8 Å². The second-order valence-corrected chi connectivity index (χ2v) is 8.48. The molecule has 0 unspecified atom stereocenters. The number of aryl methyl sites for hydroxylation is 1. The SMILES string of the molecule is Cc1ccc(-c2cc(=O)oc3c4c(ccc23)OCN(c2ccc(C(C)C)cc2)C4)cc1. The van der Waals surface area contributed by atoms with E-state index in [2.05, 4.69) is 62.1 Å². The number of ether oxygens (including phenoxy) is 1. The van der Waals surface area contributed by atoms with Gasteiger partial charge in [0.1, 0.15) is 11.3 Å². The molecule has 0 bridgehead atoms. The van der Waals surface area contributed by atoms with Crippen molar-refractivity contribution in [3.63, 3.8) is 0 Å². The average Bonchev–Trinajstić information content (AvgIpc) is 2.78. The highest BCUT2D eigenvalue weighted by Gasteiger charge is 2.23. The van der Waals surface area contributed by atoms with E-state index in [9.17, 15) is 4.79 Å². The number of anilines is 1. The van der Waals surface area contributed by atoms with Gasteiger partial charge >= 0.3 is 5.63 Å². The third kappa shape index (κ3) is 3.59. The molecule has 0 amide bonds. The first kappa shape index (κ1) is 19.4. The van der Waals surface area contributed by atoms with Crippen LogP contribution in [0.3, 0.4) is 0 Å². The fourth-order valence-electron chi connectivity index (χ4n) is 4.14. The predicted octanol–water partition coefficient (Wildman–Crippen LogP) is 6.25. The third-order valence-electron chi connectivity index (χ3n) is 5.98. The van der Waals surface area contributed by atoms with Gasteiger partial charge in [-0.3, -0.25) is 0 Å². The summed E-state index contributed by atoms with van der Waals surface area (Å²) in [7, 11) is 0. The zero-order chi connectivity index (χ0) is 21.5. The van der Waals surface area contributed by atoms with E-state index < -0.39 is 0 Å². The molecule has 4 heteroatoms. The minimum atomic E-state index is -0.352. The molecule has 1 aliphatic rings. The van der Waals surface area contributed by atoms with Crippen molar-refractivity contribution in [2.24, 2.45) is 0 Å². The molecular weight excluding hydrogens is 386 g/mol. The predicted molar refractivity (Wildman–Crippen MR) is 125 cm³/mol. The van der Waals surface area contributed by atoms with Gasteiger partial charge in [0.2, 0.25) is 0 Å². The molecule has 0 fully saturated rings. The van der Waals surface area contributed by atoms with Gasteiger partial charge in [0.15, 0.2) is 6.73 Å². The number of nitrogens with zero attached hydrogens (tertiary/aromatic N) is 1. The highest BCUT2D eigenvalue weighted by molar-refractivity contribution is 5.96. The highest BCUT2D eigenvalue weighted by Crippen LogP contribution is 2.37. The molecule has 156 valence electrons. The molecule has 0 radical (unpaired) electrons. The van der Waals surface area contributed by atoms with Crippen LogP contribution in [0.5, 0.6) is 5.75 Å². The van der Waals surface area contributed by atoms with E-state index >= 15 is 0 Å². The average molecular weight is 412 g/mol. The number of benzene rings is 3. The summed E-state index contributed by atoms with van der Waals surface area (Å²) < 4.78 is 11.8. The summed E-state index contributed by atoms with van der Waals surface area (Å²) >= 11 is 0. The van der Waals surface area contributed by atoms with Crippen LogP contribution in [0, 0.1) is 6.92 Å². The van der Waals surface area contributed by atoms with Crippen LogP contribution >= 0.6 is 0 Å². The Hall–Kier alpha value is -3.53. The standard InChI is InChI=1S/C27H25NO3/c1-17(2)19-8-10-21(11-9-19)28-15-24-25(30-16-28)13-12-22-23(14-26(29)31-27(22)24)20-6-4-18(3)5-7-20/h4-14,17H,15-16H2,1-3H3. The van der Waals surface area contributed by atoms with Crippen LogP contribution < -0.4 is 15.3 Å². The van der Waals surface area contributed by atoms with E-state index in [1.165, 1.54) is 11.1 Å². The van der Waals surface area contributed by atoms with Crippen molar-refractivity contribution in [1.29, 1.82) is 0 Å². The number of hydrogen-bond donors (Lipinski definition) is 0. The molecular formula is C27H25NO3. The van der Waals surface area contributed by atoms with Crippen LogP contribution in [-0.4, -0.2) is 6.73 Å². The second-order valence-electron chi connectivity index (χ2n) is 8.48. The Bertz CT molecular complexity index is 1300. The molecule has 0 atom stereocenters. The van der Waals surface area contributed by atoms with Crippen LogP contribution in [0.1, 0.15) is 36.5 Å². The van der Waals surface area contributed by atoms with E-state index in [0.29, 0.717) is 24.8 Å². The summed E-state index contributed by atoms with van der Waals surface area (Å²) in [6.45, 7) is 7.51. The van der Waals surface area contributed by atoms with Crippen molar-refractivity contribution in [2.75, 3.05) is 11.6 Å². The van der Waals surface area contributed by atoms with Gasteiger partial charge in [0.05, 0.1) is 12.1 Å².